The molecule has 35 atom stereocenters. The van der Waals surface area contributed by atoms with Crippen molar-refractivity contribution in [3.8, 4) is 0 Å². The molecule has 6 aliphatic rings. The van der Waals surface area contributed by atoms with Gasteiger partial charge in [-0.1, -0.05) is 0 Å². The van der Waals surface area contributed by atoms with Crippen molar-refractivity contribution in [1.29, 1.82) is 0 Å². The lowest BCUT2D eigenvalue weighted by atomic mass is 9.88. The highest BCUT2D eigenvalue weighted by Crippen LogP contribution is 2.38. The fraction of sp³-hybridized carbons (Fsp3) is 0.906. The van der Waals surface area contributed by atoms with E-state index in [0.717, 1.165) is 27.7 Å². The zero-order valence-electron chi connectivity index (χ0n) is 51.6. The number of hydrogen-bond donors (Lipinski definition) is 25. The Morgan fingerprint density at radius 3 is 1.58 bits per heavy atom. The number of amides is 4. The van der Waals surface area contributed by atoms with Gasteiger partial charge in [-0.25, -0.2) is 4.79 Å². The number of nitrogens with one attached hydrogen (secondary N) is 4. The Morgan fingerprint density at radius 2 is 1.03 bits per heavy atom. The van der Waals surface area contributed by atoms with Crippen LogP contribution in [0.15, 0.2) is 0 Å². The molecule has 4 amide bonds. The summed E-state index contributed by atoms with van der Waals surface area (Å²) in [5.41, 5.74) is 0. The second kappa shape index (κ2) is 34.9. The van der Waals surface area contributed by atoms with Crippen LogP contribution in [0.1, 0.15) is 41.0 Å². The summed E-state index contributed by atoms with van der Waals surface area (Å²) >= 11 is 0. The summed E-state index contributed by atoms with van der Waals surface area (Å²) < 4.78 is 69.5. The van der Waals surface area contributed by atoms with Gasteiger partial charge in [0.1, 0.15) is 152 Å². The molecule has 42 nitrogen and oxygen atoms in total. The molecule has 0 aromatic rings. The van der Waals surface area contributed by atoms with Crippen molar-refractivity contribution in [2.45, 2.75) is 255 Å². The van der Waals surface area contributed by atoms with E-state index in [1.165, 1.54) is 6.92 Å². The lowest BCUT2D eigenvalue weighted by molar-refractivity contribution is -0.383. The van der Waals surface area contributed by atoms with Gasteiger partial charge in [0, 0.05) is 34.1 Å². The number of carboxylic acid groups (broad SMARTS) is 1. The fourth-order valence-electron chi connectivity index (χ4n) is 11.6. The highest BCUT2D eigenvalue weighted by molar-refractivity contribution is 5.77. The number of carbonyl (C=O) groups is 5. The van der Waals surface area contributed by atoms with Gasteiger partial charge in [-0.15, -0.1) is 0 Å². The van der Waals surface area contributed by atoms with Gasteiger partial charge in [0.2, 0.25) is 23.6 Å². The maximum Gasteiger partial charge on any atom is 0.364 e. The Kier molecular flexibility index (Phi) is 29.4. The molecule has 0 aliphatic carbocycles. The van der Waals surface area contributed by atoms with E-state index >= 15 is 0 Å². The van der Waals surface area contributed by atoms with Gasteiger partial charge in [-0.05, 0) is 6.92 Å². The summed E-state index contributed by atoms with van der Waals surface area (Å²) in [6.45, 7) is -2.89. The molecule has 0 unspecified atom stereocenters. The number of rotatable bonds is 29. The predicted octanol–water partition coefficient (Wildman–Crippen LogP) is -15.8. The van der Waals surface area contributed by atoms with Crippen LogP contribution in [-0.4, -0.2) is 397 Å². The third-order valence-corrected chi connectivity index (χ3v) is 16.7. The summed E-state index contributed by atoms with van der Waals surface area (Å²) in [5.74, 6) is -8.84. The van der Waals surface area contributed by atoms with Crippen LogP contribution < -0.4 is 21.3 Å². The standard InChI is InChI=1S/C53H90N4O38/c1-14-30(70)38(78)40(80)49(86-14)94-46-39(79)34(74)24(10-61)88-51(46)92-43-25(11-62)89-47(29(37(43)77)57-18(5)66)84-12-22(69)32(72)42(19(7-58)54-15(2)63)91-50-41(81)45(93-48-28(56-17(4)65)36(76)33(73)23(9-60)87-48)35(75)26(90-50)13-85-53(52(82)83)6-20(67)27(55-16(3)64)44(95-53)31(71)21(68)8-59/h14,19-51,58-62,67-81H,6-13H2,1-5H3,(H,54,63)(H,55,64)(H,56,65)(H,57,66)(H,82,83)/t14-,19-,20-,21+,22+,23+,24+,25+,26+,27+,28+,29+,30+,31+,32-,33+,34-,35-,36+,37+,38+,39-,40-,41+,42+,43+,44+,45-,46+,47+,48-,49-,50-,51-,53+/m0/s1. The van der Waals surface area contributed by atoms with E-state index in [-0.39, 0.29) is 0 Å². The van der Waals surface area contributed by atoms with Crippen LogP contribution in [0.2, 0.25) is 0 Å². The highest BCUT2D eigenvalue weighted by atomic mass is 16.8. The molecule has 6 heterocycles. The Labute approximate surface area is 539 Å². The number of aliphatic hydroxyl groups excluding tert-OH is 20. The van der Waals surface area contributed by atoms with Crippen molar-refractivity contribution >= 4 is 29.6 Å². The average Bonchev–Trinajstić information content (AvgIpc) is 0.780. The topological polar surface area (TPSA) is 669 Å². The minimum atomic E-state index is -3.16. The lowest BCUT2D eigenvalue weighted by Gasteiger charge is -2.49. The Balaban J connectivity index is 1.31. The Hall–Kier alpha value is -3.93. The minimum Gasteiger partial charge on any atom is -0.477 e. The fourth-order valence-corrected chi connectivity index (χ4v) is 11.6. The largest absolute Gasteiger partial charge is 0.477 e. The van der Waals surface area contributed by atoms with Crippen LogP contribution in [0.5, 0.6) is 0 Å². The SMILES string of the molecule is CC(=O)N[C@H]1[C@H](OC[C@@H](O)[C@H](O)[C@H](O[C@@H]2O[C@H](CO[C@]3(C(=O)O)C[C@H](O)[C@@H](NC(C)=O)[C@H]([C@H](O)[C@H](O)CO)O3)[C@H](O)[C@H](O[C@@H]3O[C@H](CO)[C@@H](O)[C@H](O)[C@H]3NC(C)=O)[C@H]2O)[C@H](CO)NC(C)=O)O[C@H](CO)[C@@H](O[C@@H]2O[C@H](CO)[C@H](O)[C@H](O)[C@H]2O[C@@H]2O[C@@H](C)[C@@H](O)[C@@H](O)[C@@H]2O)[C@@H]1O. The molecule has 6 saturated heterocycles. The summed E-state index contributed by atoms with van der Waals surface area (Å²) in [6, 6.07) is -7.24. The molecule has 6 aliphatic heterocycles. The third-order valence-electron chi connectivity index (χ3n) is 16.7. The van der Waals surface area contributed by atoms with E-state index in [1.54, 1.807) is 0 Å². The number of aliphatic hydroxyl groups is 20. The van der Waals surface area contributed by atoms with Crippen LogP contribution >= 0.6 is 0 Å². The molecule has 6 rings (SSSR count). The molecule has 42 heteroatoms. The second-order valence-corrected chi connectivity index (χ2v) is 23.8. The summed E-state index contributed by atoms with van der Waals surface area (Å²) in [4.78, 5) is 63.2. The molecule has 25 N–H and O–H groups in total. The first-order valence-electron chi connectivity index (χ1n) is 30.0. The van der Waals surface area contributed by atoms with Crippen LogP contribution in [0.3, 0.4) is 0 Å². The highest BCUT2D eigenvalue weighted by Gasteiger charge is 2.60. The zero-order chi connectivity index (χ0) is 71.0. The molecule has 6 fully saturated rings. The van der Waals surface area contributed by atoms with Gasteiger partial charge in [0.25, 0.3) is 5.79 Å². The van der Waals surface area contributed by atoms with Crippen LogP contribution in [0.25, 0.3) is 0 Å². The maximum atomic E-state index is 13.2. The number of carboxylic acids is 1. The van der Waals surface area contributed by atoms with Gasteiger partial charge >= 0.3 is 5.97 Å². The number of ether oxygens (including phenoxy) is 12. The number of hydrogen-bond acceptors (Lipinski definition) is 37. The molecule has 0 saturated carbocycles. The Bertz CT molecular complexity index is 2470. The van der Waals surface area contributed by atoms with Gasteiger partial charge in [-0.3, -0.25) is 19.2 Å². The number of carbonyl (C=O) groups excluding carboxylic acids is 4. The van der Waals surface area contributed by atoms with E-state index in [9.17, 15) is 131 Å². The molecule has 0 aromatic carbocycles. The third kappa shape index (κ3) is 18.7. The molecule has 0 bridgehead atoms. The van der Waals surface area contributed by atoms with Gasteiger partial charge in [0.15, 0.2) is 31.5 Å². The van der Waals surface area contributed by atoms with E-state index in [0.29, 0.717) is 0 Å². The molecule has 0 spiro atoms. The summed E-state index contributed by atoms with van der Waals surface area (Å²) in [7, 11) is 0. The van der Waals surface area contributed by atoms with Crippen molar-refractivity contribution in [2.24, 2.45) is 0 Å². The van der Waals surface area contributed by atoms with E-state index in [4.69, 9.17) is 56.8 Å². The lowest BCUT2D eigenvalue weighted by Crippen LogP contribution is -2.69. The van der Waals surface area contributed by atoms with Gasteiger partial charge in [-0.2, -0.15) is 0 Å². The van der Waals surface area contributed by atoms with Gasteiger partial charge in [0.05, 0.1) is 70.5 Å². The normalized spacial score (nSPS) is 42.9. The maximum absolute atomic E-state index is 13.2. The molecule has 550 valence electrons. The van der Waals surface area contributed by atoms with E-state index in [1.807, 2.05) is 0 Å². The average molecular weight is 1390 g/mol. The van der Waals surface area contributed by atoms with Gasteiger partial charge < -0.3 is 185 Å². The molecular formula is C53H90N4O38. The predicted molar refractivity (Wildman–Crippen MR) is 296 cm³/mol. The quantitative estimate of drug-likeness (QED) is 0.0331. The molecule has 0 aromatic heterocycles. The Morgan fingerprint density at radius 1 is 0.505 bits per heavy atom. The minimum absolute atomic E-state index is 0.854. The van der Waals surface area contributed by atoms with Crippen molar-refractivity contribution in [1.82, 2.24) is 21.3 Å². The van der Waals surface area contributed by atoms with Crippen LogP contribution in [0, 0.1) is 0 Å². The molecular weight excluding hydrogens is 1300 g/mol. The van der Waals surface area contributed by atoms with Crippen molar-refractivity contribution in [3.05, 3.63) is 0 Å². The van der Waals surface area contributed by atoms with Crippen molar-refractivity contribution in [3.63, 3.8) is 0 Å². The van der Waals surface area contributed by atoms with Crippen LogP contribution in [0.4, 0.5) is 0 Å². The monoisotopic (exact) mass is 1390 g/mol. The summed E-state index contributed by atoms with van der Waals surface area (Å²) in [6.07, 6.45) is -62.5. The first-order chi connectivity index (χ1) is 44.6. The number of aliphatic carboxylic acids is 1. The molecule has 95 heavy (non-hydrogen) atoms. The van der Waals surface area contributed by atoms with E-state index in [2.05, 4.69) is 21.3 Å². The first-order valence-corrected chi connectivity index (χ1v) is 30.0. The second-order valence-electron chi connectivity index (χ2n) is 23.8. The van der Waals surface area contributed by atoms with Crippen molar-refractivity contribution in [2.75, 3.05) is 46.2 Å². The van der Waals surface area contributed by atoms with Crippen LogP contribution in [-0.2, 0) is 80.8 Å². The van der Waals surface area contributed by atoms with E-state index < -0.39 is 296 Å². The first kappa shape index (κ1) is 80.0. The zero-order valence-corrected chi connectivity index (χ0v) is 51.6. The molecule has 0 radical (unpaired) electrons. The van der Waals surface area contributed by atoms with Crippen molar-refractivity contribution < 1.29 is 188 Å². The summed E-state index contributed by atoms with van der Waals surface area (Å²) in [5, 5.41) is 239. The smallest absolute Gasteiger partial charge is 0.364 e.